The second kappa shape index (κ2) is 9.22. The number of nitrogens with zero attached hydrogens (tertiary/aromatic N) is 2. The number of carbonyl (C=O) groups excluding carboxylic acids is 3. The number of benzene rings is 2. The zero-order valence-electron chi connectivity index (χ0n) is 17.0. The molecule has 6 nitrogen and oxygen atoms in total. The van der Waals surface area contributed by atoms with Crippen LogP contribution in [0.2, 0.25) is 0 Å². The van der Waals surface area contributed by atoms with E-state index in [1.165, 1.54) is 0 Å². The summed E-state index contributed by atoms with van der Waals surface area (Å²) in [5.74, 6) is 0.331. The molecule has 2 aliphatic rings. The number of carbonyl (C=O) groups is 3. The van der Waals surface area contributed by atoms with Crippen molar-refractivity contribution in [1.29, 1.82) is 0 Å². The van der Waals surface area contributed by atoms with Gasteiger partial charge in [-0.25, -0.2) is 0 Å². The molecule has 2 saturated heterocycles. The normalized spacial score (nSPS) is 17.9. The Morgan fingerprint density at radius 1 is 0.933 bits per heavy atom. The van der Waals surface area contributed by atoms with Crippen molar-refractivity contribution >= 4 is 29.0 Å². The van der Waals surface area contributed by atoms with E-state index in [0.717, 1.165) is 55.8 Å². The highest BCUT2D eigenvalue weighted by Crippen LogP contribution is 2.24. The van der Waals surface area contributed by atoms with E-state index in [2.05, 4.69) is 10.2 Å². The number of anilines is 2. The van der Waals surface area contributed by atoms with Crippen LogP contribution in [0.4, 0.5) is 11.4 Å². The second-order valence-corrected chi connectivity index (χ2v) is 8.02. The number of hydrogen-bond donors (Lipinski definition) is 1. The quantitative estimate of drug-likeness (QED) is 0.749. The number of ketones is 1. The van der Waals surface area contributed by atoms with Crippen LogP contribution < -0.4 is 10.2 Å². The molecular weight excluding hydrogens is 378 g/mol. The first-order valence-corrected chi connectivity index (χ1v) is 10.6. The average Bonchev–Trinajstić information content (AvgIpc) is 3.21. The predicted octanol–water partition coefficient (Wildman–Crippen LogP) is 3.35. The molecule has 6 heteroatoms. The molecule has 156 valence electrons. The van der Waals surface area contributed by atoms with Gasteiger partial charge in [0.25, 0.3) is 0 Å². The van der Waals surface area contributed by atoms with E-state index in [1.807, 2.05) is 54.6 Å². The number of likely N-dealkylation sites (tertiary alicyclic amines) is 1. The highest BCUT2D eigenvalue weighted by molar-refractivity contribution is 5.98. The van der Waals surface area contributed by atoms with Gasteiger partial charge < -0.3 is 10.2 Å². The summed E-state index contributed by atoms with van der Waals surface area (Å²) < 4.78 is 0. The SMILES string of the molecule is O=C(CN1CCC(C(=O)c2ccccc2)CC1)Nc1ccc(N2CCCC2=O)cc1. The van der Waals surface area contributed by atoms with Crippen LogP contribution in [-0.4, -0.2) is 48.7 Å². The van der Waals surface area contributed by atoms with Gasteiger partial charge in [0.1, 0.15) is 0 Å². The summed E-state index contributed by atoms with van der Waals surface area (Å²) in [7, 11) is 0. The molecule has 2 amide bonds. The topological polar surface area (TPSA) is 69.7 Å². The Balaban J connectivity index is 1.24. The van der Waals surface area contributed by atoms with Gasteiger partial charge in [0.05, 0.1) is 6.54 Å². The highest BCUT2D eigenvalue weighted by atomic mass is 16.2. The van der Waals surface area contributed by atoms with Crippen molar-refractivity contribution < 1.29 is 14.4 Å². The van der Waals surface area contributed by atoms with Crippen molar-refractivity contribution in [3.05, 3.63) is 60.2 Å². The average molecular weight is 405 g/mol. The van der Waals surface area contributed by atoms with Crippen molar-refractivity contribution in [2.24, 2.45) is 5.92 Å². The maximum Gasteiger partial charge on any atom is 0.238 e. The molecule has 2 aromatic rings. The van der Waals surface area contributed by atoms with Crippen LogP contribution >= 0.6 is 0 Å². The van der Waals surface area contributed by atoms with Crippen molar-refractivity contribution in [3.63, 3.8) is 0 Å². The summed E-state index contributed by atoms with van der Waals surface area (Å²) >= 11 is 0. The summed E-state index contributed by atoms with van der Waals surface area (Å²) in [5, 5.41) is 2.93. The van der Waals surface area contributed by atoms with Gasteiger partial charge >= 0.3 is 0 Å². The fourth-order valence-electron chi connectivity index (χ4n) is 4.24. The molecule has 2 aromatic carbocycles. The summed E-state index contributed by atoms with van der Waals surface area (Å²) in [6.07, 6.45) is 3.05. The van der Waals surface area contributed by atoms with Gasteiger partial charge in [0.15, 0.2) is 5.78 Å². The van der Waals surface area contributed by atoms with E-state index in [-0.39, 0.29) is 23.5 Å². The largest absolute Gasteiger partial charge is 0.325 e. The molecule has 0 bridgehead atoms. The van der Waals surface area contributed by atoms with Crippen LogP contribution in [0.15, 0.2) is 54.6 Å². The Kier molecular flexibility index (Phi) is 6.23. The zero-order valence-corrected chi connectivity index (χ0v) is 17.0. The van der Waals surface area contributed by atoms with Gasteiger partial charge in [-0.1, -0.05) is 30.3 Å². The smallest absolute Gasteiger partial charge is 0.238 e. The molecule has 0 aliphatic carbocycles. The molecule has 2 fully saturated rings. The molecule has 30 heavy (non-hydrogen) atoms. The summed E-state index contributed by atoms with van der Waals surface area (Å²) in [4.78, 5) is 40.7. The molecule has 0 aromatic heterocycles. The number of amides is 2. The van der Waals surface area contributed by atoms with E-state index in [9.17, 15) is 14.4 Å². The minimum atomic E-state index is -0.0622. The number of rotatable bonds is 6. The van der Waals surface area contributed by atoms with Crippen LogP contribution in [0.3, 0.4) is 0 Å². The molecule has 0 spiro atoms. The first-order chi connectivity index (χ1) is 14.6. The van der Waals surface area contributed by atoms with Crippen LogP contribution in [0, 0.1) is 5.92 Å². The van der Waals surface area contributed by atoms with Gasteiger partial charge in [-0.15, -0.1) is 0 Å². The highest BCUT2D eigenvalue weighted by Gasteiger charge is 2.26. The number of Topliss-reactive ketones (excluding diaryl/α,β-unsaturated/α-hetero) is 1. The number of nitrogens with one attached hydrogen (secondary N) is 1. The van der Waals surface area contributed by atoms with E-state index < -0.39 is 0 Å². The third kappa shape index (κ3) is 4.76. The lowest BCUT2D eigenvalue weighted by Crippen LogP contribution is -2.40. The summed E-state index contributed by atoms with van der Waals surface area (Å²) in [6, 6.07) is 16.9. The lowest BCUT2D eigenvalue weighted by atomic mass is 9.89. The van der Waals surface area contributed by atoms with Gasteiger partial charge in [0.2, 0.25) is 11.8 Å². The van der Waals surface area contributed by atoms with Crippen LogP contribution in [0.25, 0.3) is 0 Å². The molecule has 0 unspecified atom stereocenters. The maximum absolute atomic E-state index is 12.6. The van der Waals surface area contributed by atoms with Crippen molar-refractivity contribution in [1.82, 2.24) is 4.90 Å². The van der Waals surface area contributed by atoms with Gasteiger partial charge in [-0.2, -0.15) is 0 Å². The first-order valence-electron chi connectivity index (χ1n) is 10.6. The van der Waals surface area contributed by atoms with E-state index >= 15 is 0 Å². The number of hydrogen-bond acceptors (Lipinski definition) is 4. The van der Waals surface area contributed by atoms with Gasteiger partial charge in [-0.3, -0.25) is 19.3 Å². The van der Waals surface area contributed by atoms with Crippen molar-refractivity contribution in [2.75, 3.05) is 36.4 Å². The van der Waals surface area contributed by atoms with Gasteiger partial charge in [0, 0.05) is 35.8 Å². The third-order valence-electron chi connectivity index (χ3n) is 5.92. The lowest BCUT2D eigenvalue weighted by Gasteiger charge is -2.30. The fraction of sp³-hybridized carbons (Fsp3) is 0.375. The molecule has 1 N–H and O–H groups in total. The Labute approximate surface area is 176 Å². The second-order valence-electron chi connectivity index (χ2n) is 8.02. The van der Waals surface area contributed by atoms with Crippen LogP contribution in [-0.2, 0) is 9.59 Å². The van der Waals surface area contributed by atoms with Crippen LogP contribution in [0.1, 0.15) is 36.0 Å². The van der Waals surface area contributed by atoms with Crippen LogP contribution in [0.5, 0.6) is 0 Å². The van der Waals surface area contributed by atoms with E-state index in [4.69, 9.17) is 0 Å². The fourth-order valence-corrected chi connectivity index (χ4v) is 4.24. The van der Waals surface area contributed by atoms with E-state index in [1.54, 1.807) is 4.90 Å². The standard InChI is InChI=1S/C24H27N3O3/c28-22(25-20-8-10-21(11-9-20)27-14-4-7-23(27)29)17-26-15-12-19(13-16-26)24(30)18-5-2-1-3-6-18/h1-3,5-6,8-11,19H,4,7,12-17H2,(H,25,28). The predicted molar refractivity (Wildman–Crippen MR) is 117 cm³/mol. The Hall–Kier alpha value is -2.99. The Bertz CT molecular complexity index is 903. The number of piperidine rings is 1. The maximum atomic E-state index is 12.6. The first kappa shape index (κ1) is 20.3. The summed E-state index contributed by atoms with van der Waals surface area (Å²) in [5.41, 5.74) is 2.37. The minimum Gasteiger partial charge on any atom is -0.325 e. The lowest BCUT2D eigenvalue weighted by molar-refractivity contribution is -0.118. The Morgan fingerprint density at radius 3 is 2.27 bits per heavy atom. The monoisotopic (exact) mass is 405 g/mol. The minimum absolute atomic E-state index is 0.0348. The summed E-state index contributed by atoms with van der Waals surface area (Å²) in [6.45, 7) is 2.56. The van der Waals surface area contributed by atoms with Crippen molar-refractivity contribution in [3.8, 4) is 0 Å². The molecular formula is C24H27N3O3. The molecule has 4 rings (SSSR count). The molecule has 0 saturated carbocycles. The van der Waals surface area contributed by atoms with E-state index in [0.29, 0.717) is 13.0 Å². The molecule has 0 atom stereocenters. The van der Waals surface area contributed by atoms with Crippen molar-refractivity contribution in [2.45, 2.75) is 25.7 Å². The zero-order chi connectivity index (χ0) is 20.9. The third-order valence-corrected chi connectivity index (χ3v) is 5.92. The van der Waals surface area contributed by atoms with Gasteiger partial charge in [-0.05, 0) is 56.6 Å². The molecule has 2 heterocycles. The molecule has 0 radical (unpaired) electrons. The Morgan fingerprint density at radius 2 is 1.63 bits per heavy atom. The molecule has 2 aliphatic heterocycles.